The fraction of sp³-hybridized carbons (Fsp3) is 0.133. The zero-order valence-corrected chi connectivity index (χ0v) is 13.0. The first-order valence-corrected chi connectivity index (χ1v) is 7.19. The first-order chi connectivity index (χ1) is 12.4. The number of carbonyl (C=O) groups excluding carboxylic acids is 1. The van der Waals surface area contributed by atoms with Crippen LogP contribution in [0.15, 0.2) is 49.3 Å². The standard InChI is InChI=1S/C15H11F3N6O2/c16-15(17,18)7-26-12-4-3-10(6-21-12)14(25)23-11-2-1-5-20-13(11)24-9-19-8-22-24/h1-6,8-9H,7H2,(H,23,25). The van der Waals surface area contributed by atoms with Crippen molar-refractivity contribution in [3.63, 3.8) is 0 Å². The molecule has 0 spiro atoms. The summed E-state index contributed by atoms with van der Waals surface area (Å²) in [5.74, 6) is -0.394. The Morgan fingerprint density at radius 3 is 2.73 bits per heavy atom. The molecule has 3 aromatic heterocycles. The zero-order chi connectivity index (χ0) is 18.6. The van der Waals surface area contributed by atoms with Gasteiger partial charge in [0.05, 0.1) is 11.3 Å². The lowest BCUT2D eigenvalue weighted by Gasteiger charge is -2.10. The van der Waals surface area contributed by atoms with Gasteiger partial charge in [0.2, 0.25) is 5.88 Å². The van der Waals surface area contributed by atoms with E-state index in [1.807, 2.05) is 0 Å². The summed E-state index contributed by atoms with van der Waals surface area (Å²) in [6, 6.07) is 5.74. The molecule has 0 radical (unpaired) electrons. The highest BCUT2D eigenvalue weighted by Crippen LogP contribution is 2.19. The zero-order valence-electron chi connectivity index (χ0n) is 13.0. The fourth-order valence-corrected chi connectivity index (χ4v) is 1.94. The molecule has 0 aliphatic rings. The number of amides is 1. The van der Waals surface area contributed by atoms with Crippen molar-refractivity contribution in [2.75, 3.05) is 11.9 Å². The third-order valence-corrected chi connectivity index (χ3v) is 3.05. The number of hydrogen-bond acceptors (Lipinski definition) is 6. The van der Waals surface area contributed by atoms with E-state index >= 15 is 0 Å². The van der Waals surface area contributed by atoms with Gasteiger partial charge >= 0.3 is 6.18 Å². The molecule has 0 saturated heterocycles. The normalized spacial score (nSPS) is 11.2. The SMILES string of the molecule is O=C(Nc1cccnc1-n1cncn1)c1ccc(OCC(F)(F)F)nc1. The van der Waals surface area contributed by atoms with Crippen LogP contribution >= 0.6 is 0 Å². The van der Waals surface area contributed by atoms with Crippen molar-refractivity contribution >= 4 is 11.6 Å². The fourth-order valence-electron chi connectivity index (χ4n) is 1.94. The smallest absolute Gasteiger partial charge is 0.422 e. The van der Waals surface area contributed by atoms with Crippen LogP contribution in [0.25, 0.3) is 5.82 Å². The summed E-state index contributed by atoms with van der Waals surface area (Å²) in [5, 5.41) is 6.59. The lowest BCUT2D eigenvalue weighted by Crippen LogP contribution is -2.20. The third-order valence-electron chi connectivity index (χ3n) is 3.05. The number of pyridine rings is 2. The predicted molar refractivity (Wildman–Crippen MR) is 82.9 cm³/mol. The topological polar surface area (TPSA) is 94.8 Å². The summed E-state index contributed by atoms with van der Waals surface area (Å²) >= 11 is 0. The molecule has 0 atom stereocenters. The van der Waals surface area contributed by atoms with Gasteiger partial charge in [0.1, 0.15) is 12.7 Å². The molecule has 0 aliphatic carbocycles. The Hall–Kier alpha value is -3.50. The van der Waals surface area contributed by atoms with Crippen molar-refractivity contribution in [3.05, 3.63) is 54.9 Å². The van der Waals surface area contributed by atoms with E-state index in [0.29, 0.717) is 11.5 Å². The third kappa shape index (κ3) is 4.32. The Labute approximate surface area is 144 Å². The number of anilines is 1. The summed E-state index contributed by atoms with van der Waals surface area (Å²) < 4.78 is 42.2. The Morgan fingerprint density at radius 1 is 1.23 bits per heavy atom. The van der Waals surface area contributed by atoms with Gasteiger partial charge in [0.15, 0.2) is 12.4 Å². The summed E-state index contributed by atoms with van der Waals surface area (Å²) in [4.78, 5) is 24.0. The molecule has 8 nitrogen and oxygen atoms in total. The van der Waals surface area contributed by atoms with Gasteiger partial charge in [-0.25, -0.2) is 19.6 Å². The number of hydrogen-bond donors (Lipinski definition) is 1. The maximum atomic E-state index is 12.3. The van der Waals surface area contributed by atoms with E-state index in [1.54, 1.807) is 12.1 Å². The number of rotatable bonds is 5. The number of carbonyl (C=O) groups is 1. The highest BCUT2D eigenvalue weighted by molar-refractivity contribution is 6.04. The Morgan fingerprint density at radius 2 is 2.08 bits per heavy atom. The second kappa shape index (κ2) is 7.17. The van der Waals surface area contributed by atoms with E-state index in [-0.39, 0.29) is 11.4 Å². The maximum Gasteiger partial charge on any atom is 0.422 e. The summed E-state index contributed by atoms with van der Waals surface area (Å²) in [6.07, 6.45) is 0.930. The number of ether oxygens (including phenoxy) is 1. The lowest BCUT2D eigenvalue weighted by molar-refractivity contribution is -0.154. The second-order valence-electron chi connectivity index (χ2n) is 4.96. The molecule has 0 aliphatic heterocycles. The number of nitrogens with zero attached hydrogens (tertiary/aromatic N) is 5. The van der Waals surface area contributed by atoms with Crippen LogP contribution in [0.1, 0.15) is 10.4 Å². The van der Waals surface area contributed by atoms with Crippen molar-refractivity contribution < 1.29 is 22.7 Å². The molecule has 3 rings (SSSR count). The first-order valence-electron chi connectivity index (χ1n) is 7.19. The van der Waals surface area contributed by atoms with E-state index in [2.05, 4.69) is 30.1 Å². The summed E-state index contributed by atoms with van der Waals surface area (Å²) in [6.45, 7) is -1.46. The van der Waals surface area contributed by atoms with E-state index < -0.39 is 18.7 Å². The quantitative estimate of drug-likeness (QED) is 0.746. The molecular weight excluding hydrogens is 353 g/mol. The molecule has 0 saturated carbocycles. The molecule has 1 N–H and O–H groups in total. The van der Waals surface area contributed by atoms with Crippen LogP contribution < -0.4 is 10.1 Å². The molecule has 3 heterocycles. The second-order valence-corrected chi connectivity index (χ2v) is 4.96. The molecule has 1 amide bonds. The van der Waals surface area contributed by atoms with E-state index in [9.17, 15) is 18.0 Å². The van der Waals surface area contributed by atoms with Crippen molar-refractivity contribution in [1.82, 2.24) is 24.7 Å². The number of alkyl halides is 3. The van der Waals surface area contributed by atoms with Crippen LogP contribution in [0.4, 0.5) is 18.9 Å². The summed E-state index contributed by atoms with van der Waals surface area (Å²) in [5.41, 5.74) is 0.512. The van der Waals surface area contributed by atoms with Crippen LogP contribution in [0.2, 0.25) is 0 Å². The molecular formula is C15H11F3N6O2. The molecule has 0 unspecified atom stereocenters. The van der Waals surface area contributed by atoms with Gasteiger partial charge < -0.3 is 10.1 Å². The number of halogens is 3. The van der Waals surface area contributed by atoms with Crippen molar-refractivity contribution in [2.45, 2.75) is 6.18 Å². The first kappa shape index (κ1) is 17.3. The molecule has 0 aromatic carbocycles. The van der Waals surface area contributed by atoms with Crippen LogP contribution in [0.5, 0.6) is 5.88 Å². The number of nitrogens with one attached hydrogen (secondary N) is 1. The van der Waals surface area contributed by atoms with Gasteiger partial charge in [-0.05, 0) is 18.2 Å². The maximum absolute atomic E-state index is 12.3. The lowest BCUT2D eigenvalue weighted by atomic mass is 10.2. The molecule has 11 heteroatoms. The van der Waals surface area contributed by atoms with Gasteiger partial charge in [-0.15, -0.1) is 0 Å². The Kier molecular flexibility index (Phi) is 4.78. The van der Waals surface area contributed by atoms with Crippen molar-refractivity contribution in [1.29, 1.82) is 0 Å². The monoisotopic (exact) mass is 364 g/mol. The van der Waals surface area contributed by atoms with Crippen LogP contribution in [0, 0.1) is 0 Å². The molecule has 0 fully saturated rings. The minimum absolute atomic E-state index is 0.137. The Balaban J connectivity index is 1.71. The largest absolute Gasteiger partial charge is 0.468 e. The van der Waals surface area contributed by atoms with E-state index in [4.69, 9.17) is 0 Å². The highest BCUT2D eigenvalue weighted by atomic mass is 19.4. The van der Waals surface area contributed by atoms with Gasteiger partial charge in [0, 0.05) is 18.5 Å². The highest BCUT2D eigenvalue weighted by Gasteiger charge is 2.28. The van der Waals surface area contributed by atoms with Gasteiger partial charge in [-0.3, -0.25) is 4.79 Å². The van der Waals surface area contributed by atoms with Crippen LogP contribution in [-0.4, -0.2) is 43.4 Å². The van der Waals surface area contributed by atoms with Crippen molar-refractivity contribution in [3.8, 4) is 11.7 Å². The van der Waals surface area contributed by atoms with Crippen LogP contribution in [0.3, 0.4) is 0 Å². The van der Waals surface area contributed by atoms with E-state index in [1.165, 1.54) is 35.7 Å². The molecule has 0 bridgehead atoms. The minimum Gasteiger partial charge on any atom is -0.468 e. The molecule has 3 aromatic rings. The average Bonchev–Trinajstić information content (AvgIpc) is 3.15. The van der Waals surface area contributed by atoms with Gasteiger partial charge in [-0.1, -0.05) is 0 Å². The predicted octanol–water partition coefficient (Wildman–Crippen LogP) is 2.25. The van der Waals surface area contributed by atoms with Gasteiger partial charge in [0.25, 0.3) is 5.91 Å². The summed E-state index contributed by atoms with van der Waals surface area (Å²) in [7, 11) is 0. The number of aromatic nitrogens is 5. The molecule has 134 valence electrons. The Bertz CT molecular complexity index is 881. The van der Waals surface area contributed by atoms with Crippen LogP contribution in [-0.2, 0) is 0 Å². The van der Waals surface area contributed by atoms with E-state index in [0.717, 1.165) is 6.20 Å². The van der Waals surface area contributed by atoms with Crippen molar-refractivity contribution in [2.24, 2.45) is 0 Å². The average molecular weight is 364 g/mol. The van der Waals surface area contributed by atoms with Gasteiger partial charge in [-0.2, -0.15) is 18.3 Å². The molecule has 26 heavy (non-hydrogen) atoms. The minimum atomic E-state index is -4.46.